The molecule has 1 aromatic heterocycles. The Balaban J connectivity index is 1.47. The molecule has 0 spiro atoms. The van der Waals surface area contributed by atoms with Crippen LogP contribution < -0.4 is 14.5 Å². The number of aromatic nitrogens is 2. The second kappa shape index (κ2) is 13.1. The van der Waals surface area contributed by atoms with Gasteiger partial charge in [0.25, 0.3) is 0 Å². The fourth-order valence-corrected chi connectivity index (χ4v) is 6.49. The van der Waals surface area contributed by atoms with Crippen LogP contribution in [0.1, 0.15) is 68.8 Å². The van der Waals surface area contributed by atoms with Gasteiger partial charge in [0, 0.05) is 43.5 Å². The number of carbonyl (C=O) groups is 1. The number of likely N-dealkylation sites (N-methyl/N-ethyl adjacent to an activating group) is 1. The zero-order chi connectivity index (χ0) is 31.6. The zero-order valence-electron chi connectivity index (χ0n) is 27.0. The zero-order valence-corrected chi connectivity index (χ0v) is 27.0. The molecule has 3 aliphatic rings. The number of halogens is 1. The van der Waals surface area contributed by atoms with Gasteiger partial charge < -0.3 is 29.1 Å². The van der Waals surface area contributed by atoms with Gasteiger partial charge in [0.1, 0.15) is 23.8 Å². The van der Waals surface area contributed by atoms with E-state index in [1.165, 1.54) is 0 Å². The molecule has 1 aromatic carbocycles. The minimum Gasteiger partial charge on any atom is -0.462 e. The van der Waals surface area contributed by atoms with Crippen molar-refractivity contribution in [2.75, 3.05) is 56.2 Å². The number of carbonyl (C=O) groups excluding carboxylic acids is 1. The molecule has 1 unspecified atom stereocenters. The first-order valence-electron chi connectivity index (χ1n) is 15.8. The molecule has 0 radical (unpaired) electrons. The first-order valence-corrected chi connectivity index (χ1v) is 15.8. The molecule has 2 saturated heterocycles. The van der Waals surface area contributed by atoms with Gasteiger partial charge in [0.2, 0.25) is 0 Å². The quantitative estimate of drug-likeness (QED) is 0.450. The third-order valence-electron chi connectivity index (χ3n) is 9.09. The molecule has 3 aliphatic heterocycles. The van der Waals surface area contributed by atoms with Crippen LogP contribution in [-0.2, 0) is 17.7 Å². The molecule has 0 saturated carbocycles. The molecule has 10 nitrogen and oxygen atoms in total. The van der Waals surface area contributed by atoms with Crippen molar-refractivity contribution in [1.82, 2.24) is 19.8 Å². The molecule has 0 N–H and O–H groups in total. The summed E-state index contributed by atoms with van der Waals surface area (Å²) >= 11 is 0. The number of fused-ring (bicyclic) bond motifs is 1. The van der Waals surface area contributed by atoms with Crippen molar-refractivity contribution < 1.29 is 18.7 Å². The Morgan fingerprint density at radius 1 is 1.07 bits per heavy atom. The van der Waals surface area contributed by atoms with E-state index in [9.17, 15) is 14.4 Å². The summed E-state index contributed by atoms with van der Waals surface area (Å²) in [4.78, 5) is 31.5. The monoisotopic (exact) mass is 607 g/mol. The summed E-state index contributed by atoms with van der Waals surface area (Å²) in [5.41, 5.74) is 3.94. The maximum absolute atomic E-state index is 14.3. The molecule has 1 amide bonds. The highest BCUT2D eigenvalue weighted by atomic mass is 19.1. The van der Waals surface area contributed by atoms with Crippen molar-refractivity contribution in [2.24, 2.45) is 0 Å². The molecule has 5 rings (SSSR count). The predicted octanol–water partition coefficient (Wildman–Crippen LogP) is 5.00. The number of likely N-dealkylation sites (tertiary alicyclic amines) is 1. The average Bonchev–Trinajstić information content (AvgIpc) is 3.26. The molecule has 2 atom stereocenters. The van der Waals surface area contributed by atoms with E-state index < -0.39 is 11.7 Å². The number of nitrogens with zero attached hydrogens (tertiary/aromatic N) is 7. The lowest BCUT2D eigenvalue weighted by Crippen LogP contribution is -2.56. The summed E-state index contributed by atoms with van der Waals surface area (Å²) in [6.45, 7) is 13.7. The largest absolute Gasteiger partial charge is 0.462 e. The third kappa shape index (κ3) is 7.01. The van der Waals surface area contributed by atoms with E-state index in [0.717, 1.165) is 67.1 Å². The average molecular weight is 608 g/mol. The van der Waals surface area contributed by atoms with Gasteiger partial charge in [-0.2, -0.15) is 15.2 Å². The summed E-state index contributed by atoms with van der Waals surface area (Å²) in [7, 11) is 2.12. The topological polar surface area (TPSA) is 98.1 Å². The number of benzene rings is 1. The first-order chi connectivity index (χ1) is 20.9. The Hall–Kier alpha value is -3.65. The predicted molar refractivity (Wildman–Crippen MR) is 168 cm³/mol. The van der Waals surface area contributed by atoms with E-state index in [0.29, 0.717) is 50.4 Å². The van der Waals surface area contributed by atoms with Gasteiger partial charge in [0.15, 0.2) is 0 Å². The van der Waals surface area contributed by atoms with E-state index >= 15 is 0 Å². The summed E-state index contributed by atoms with van der Waals surface area (Å²) < 4.78 is 26.3. The molecule has 238 valence electrons. The highest BCUT2D eigenvalue weighted by Crippen LogP contribution is 2.34. The lowest BCUT2D eigenvalue weighted by Gasteiger charge is -2.42. The Labute approximate surface area is 260 Å². The van der Waals surface area contributed by atoms with Crippen LogP contribution in [0.3, 0.4) is 0 Å². The molecular formula is C33H46FN7O3. The Morgan fingerprint density at radius 2 is 1.86 bits per heavy atom. The number of amides is 1. The summed E-state index contributed by atoms with van der Waals surface area (Å²) in [6.07, 6.45) is 3.68. The summed E-state index contributed by atoms with van der Waals surface area (Å²) in [5, 5.41) is 9.65. The highest BCUT2D eigenvalue weighted by molar-refractivity contribution is 5.69. The number of piperazine rings is 1. The second-order valence-corrected chi connectivity index (χ2v) is 13.3. The van der Waals surface area contributed by atoms with Crippen molar-refractivity contribution in [3.63, 3.8) is 0 Å². The van der Waals surface area contributed by atoms with Crippen LogP contribution in [0.15, 0.2) is 12.1 Å². The van der Waals surface area contributed by atoms with Crippen LogP contribution in [0.25, 0.3) is 0 Å². The Bertz CT molecular complexity index is 1410. The lowest BCUT2D eigenvalue weighted by atomic mass is 10.1. The van der Waals surface area contributed by atoms with Gasteiger partial charge in [-0.3, -0.25) is 0 Å². The van der Waals surface area contributed by atoms with Gasteiger partial charge >= 0.3 is 12.1 Å². The van der Waals surface area contributed by atoms with Gasteiger partial charge in [-0.05, 0) is 97.2 Å². The summed E-state index contributed by atoms with van der Waals surface area (Å²) in [6, 6.07) is 6.00. The smallest absolute Gasteiger partial charge is 0.410 e. The van der Waals surface area contributed by atoms with Crippen LogP contribution in [0, 0.1) is 31.0 Å². The van der Waals surface area contributed by atoms with Crippen LogP contribution in [0.5, 0.6) is 6.01 Å². The number of anilines is 2. The van der Waals surface area contributed by atoms with Crippen LogP contribution in [0.4, 0.5) is 20.7 Å². The van der Waals surface area contributed by atoms with Crippen LogP contribution >= 0.6 is 0 Å². The van der Waals surface area contributed by atoms with Gasteiger partial charge in [-0.15, -0.1) is 0 Å². The third-order valence-corrected chi connectivity index (χ3v) is 9.09. The number of hydrogen-bond donors (Lipinski definition) is 0. The molecule has 2 aromatic rings. The number of ether oxygens (including phenoxy) is 2. The van der Waals surface area contributed by atoms with Crippen molar-refractivity contribution in [3.8, 4) is 12.1 Å². The maximum atomic E-state index is 14.3. The first kappa shape index (κ1) is 31.8. The molecule has 4 heterocycles. The number of nitriles is 1. The number of rotatable bonds is 6. The van der Waals surface area contributed by atoms with E-state index in [1.807, 2.05) is 40.7 Å². The lowest BCUT2D eigenvalue weighted by molar-refractivity contribution is 0.0144. The van der Waals surface area contributed by atoms with Crippen LogP contribution in [-0.4, -0.2) is 89.9 Å². The standard InChI is InChI=1S/C33H46FN7O3/c1-22-23(2)29(12-11-27(22)34)39-16-8-10-26-28(20-39)36-31(43-21-25-9-7-15-38(25)6)37-30(26)40-17-18-41(24(19-40)13-14-35)32(42)44-33(3,4)5/h11-12,24-25H,7-10,13,15-21H2,1-6H3/t24?,25-/m0/s1. The van der Waals surface area contributed by atoms with Crippen molar-refractivity contribution in [1.29, 1.82) is 5.26 Å². The molecule has 44 heavy (non-hydrogen) atoms. The molecule has 11 heteroatoms. The van der Waals surface area contributed by atoms with Crippen molar-refractivity contribution in [3.05, 3.63) is 40.3 Å². The number of hydrogen-bond acceptors (Lipinski definition) is 9. The minimum atomic E-state index is -0.623. The fraction of sp³-hybridized carbons (Fsp3) is 0.636. The highest BCUT2D eigenvalue weighted by Gasteiger charge is 2.36. The molecular weight excluding hydrogens is 561 g/mol. The van der Waals surface area contributed by atoms with Gasteiger partial charge in [0.05, 0.1) is 30.8 Å². The molecule has 2 fully saturated rings. The van der Waals surface area contributed by atoms with E-state index in [-0.39, 0.29) is 18.3 Å². The SMILES string of the molecule is Cc1c(F)ccc(N2CCCc3c(nc(OC[C@@H]4CCCN4C)nc3N3CCN(C(=O)OC(C)(C)C)C(CC#N)C3)C2)c1C. The molecule has 0 aliphatic carbocycles. The van der Waals surface area contributed by atoms with Crippen molar-refractivity contribution >= 4 is 17.6 Å². The van der Waals surface area contributed by atoms with E-state index in [4.69, 9.17) is 19.4 Å². The normalized spacial score (nSPS) is 21.1. The molecule has 0 bridgehead atoms. The summed E-state index contributed by atoms with van der Waals surface area (Å²) in [5.74, 6) is 0.613. The van der Waals surface area contributed by atoms with Gasteiger partial charge in [-0.1, -0.05) is 0 Å². The van der Waals surface area contributed by atoms with Gasteiger partial charge in [-0.25, -0.2) is 9.18 Å². The Kier molecular flexibility index (Phi) is 9.49. The van der Waals surface area contributed by atoms with E-state index in [2.05, 4.69) is 27.8 Å². The fourth-order valence-electron chi connectivity index (χ4n) is 6.49. The van der Waals surface area contributed by atoms with E-state index in [1.54, 1.807) is 11.0 Å². The van der Waals surface area contributed by atoms with Crippen molar-refractivity contribution in [2.45, 2.75) is 91.0 Å². The maximum Gasteiger partial charge on any atom is 0.410 e. The Morgan fingerprint density at radius 3 is 2.57 bits per heavy atom. The second-order valence-electron chi connectivity index (χ2n) is 13.3. The minimum absolute atomic E-state index is 0.192. The van der Waals surface area contributed by atoms with Crippen LogP contribution in [0.2, 0.25) is 0 Å².